The van der Waals surface area contributed by atoms with Gasteiger partial charge in [-0.3, -0.25) is 0 Å². The summed E-state index contributed by atoms with van der Waals surface area (Å²) in [6, 6.07) is 0. The quantitative estimate of drug-likeness (QED) is 0.370. The van der Waals surface area contributed by atoms with Crippen LogP contribution in [-0.2, 0) is 6.54 Å². The molecule has 7 heteroatoms. The maximum Gasteiger partial charge on any atom is 0.673 e. The van der Waals surface area contributed by atoms with E-state index in [1.54, 1.807) is 12.7 Å². The number of oxazole rings is 1. The molecule has 1 aromatic rings. The van der Waals surface area contributed by atoms with Crippen LogP contribution in [0.1, 0.15) is 6.92 Å². The van der Waals surface area contributed by atoms with E-state index >= 15 is 0 Å². The highest BCUT2D eigenvalue weighted by Gasteiger charge is 2.20. The molecule has 0 radical (unpaired) electrons. The van der Waals surface area contributed by atoms with Gasteiger partial charge in [0.2, 0.25) is 6.20 Å². The van der Waals surface area contributed by atoms with Gasteiger partial charge in [-0.15, -0.1) is 0 Å². The lowest BCUT2D eigenvalue weighted by molar-refractivity contribution is -0.696. The first-order valence-electron chi connectivity index (χ1n) is 3.22. The third kappa shape index (κ3) is 8.99. The maximum atomic E-state index is 9.75. The summed E-state index contributed by atoms with van der Waals surface area (Å²) in [6.45, 7) is 3.05. The smallest absolute Gasteiger partial charge is 0.418 e. The molecule has 1 aromatic heterocycles. The first-order chi connectivity index (χ1) is 5.43. The summed E-state index contributed by atoms with van der Waals surface area (Å²) >= 11 is 0. The van der Waals surface area contributed by atoms with Crippen LogP contribution in [0.15, 0.2) is 23.3 Å². The molecule has 0 unspecified atom stereocenters. The van der Waals surface area contributed by atoms with Crippen molar-refractivity contribution in [1.29, 1.82) is 0 Å². The van der Waals surface area contributed by atoms with Crippen LogP contribution in [0.2, 0.25) is 0 Å². The summed E-state index contributed by atoms with van der Waals surface area (Å²) in [7, 11) is -6.00. The number of rotatable bonds is 1. The molecule has 1 heterocycles. The summed E-state index contributed by atoms with van der Waals surface area (Å²) in [4.78, 5) is 0. The van der Waals surface area contributed by atoms with E-state index in [0.29, 0.717) is 0 Å². The summed E-state index contributed by atoms with van der Waals surface area (Å²) in [5.74, 6) is 0. The van der Waals surface area contributed by atoms with Gasteiger partial charge in [-0.2, -0.15) is 4.57 Å². The van der Waals surface area contributed by atoms with Crippen LogP contribution in [0.3, 0.4) is 0 Å². The fourth-order valence-corrected chi connectivity index (χ4v) is 0.442. The van der Waals surface area contributed by atoms with Crippen LogP contribution in [0.5, 0.6) is 0 Å². The first-order valence-corrected chi connectivity index (χ1v) is 3.22. The highest BCUT2D eigenvalue weighted by atomic mass is 19.5. The van der Waals surface area contributed by atoms with Crippen molar-refractivity contribution in [3.63, 3.8) is 0 Å². The Bertz CT molecular complexity index is 192. The molecule has 0 spiro atoms. The monoisotopic (exact) mass is 185 g/mol. The molecule has 0 aliphatic heterocycles. The van der Waals surface area contributed by atoms with E-state index in [2.05, 4.69) is 6.92 Å². The summed E-state index contributed by atoms with van der Waals surface area (Å²) < 4.78 is 45.7. The average molecular weight is 185 g/mol. The maximum absolute atomic E-state index is 9.75. The minimum absolute atomic E-state index is 0.983. The molecule has 0 atom stereocenters. The number of nitrogens with zero attached hydrogens (tertiary/aromatic N) is 1. The summed E-state index contributed by atoms with van der Waals surface area (Å²) in [6.07, 6.45) is 5.23. The Hall–Kier alpha value is -1.01. The fraction of sp³-hybridized carbons (Fsp3) is 0.400. The zero-order valence-electron chi connectivity index (χ0n) is 6.38. The molecular weight excluding hydrogens is 177 g/mol. The van der Waals surface area contributed by atoms with E-state index in [1.807, 2.05) is 10.8 Å². The van der Waals surface area contributed by atoms with Gasteiger partial charge in [0.15, 0.2) is 6.26 Å². The van der Waals surface area contributed by atoms with Gasteiger partial charge >= 0.3 is 13.6 Å². The molecule has 0 aliphatic rings. The van der Waals surface area contributed by atoms with Gasteiger partial charge in [-0.25, -0.2) is 0 Å². The van der Waals surface area contributed by atoms with Gasteiger partial charge in [0.1, 0.15) is 6.54 Å². The second-order valence-electron chi connectivity index (χ2n) is 1.85. The first kappa shape index (κ1) is 11.0. The van der Waals surface area contributed by atoms with E-state index in [0.717, 1.165) is 6.54 Å². The SMILES string of the molecule is CC[n+]1ccoc1.F[B-](F)(F)F. The number of aromatic nitrogens is 1. The summed E-state index contributed by atoms with van der Waals surface area (Å²) in [5, 5.41) is 0. The third-order valence-electron chi connectivity index (χ3n) is 0.892. The molecule has 2 nitrogen and oxygen atoms in total. The number of aryl methyl sites for hydroxylation is 1. The highest BCUT2D eigenvalue weighted by molar-refractivity contribution is 6.50. The van der Waals surface area contributed by atoms with E-state index in [9.17, 15) is 17.3 Å². The van der Waals surface area contributed by atoms with Crippen LogP contribution < -0.4 is 4.57 Å². The average Bonchev–Trinajstić information content (AvgIpc) is 2.33. The van der Waals surface area contributed by atoms with E-state index in [4.69, 9.17) is 4.42 Å². The van der Waals surface area contributed by atoms with Crippen molar-refractivity contribution >= 4 is 7.25 Å². The second kappa shape index (κ2) is 4.79. The van der Waals surface area contributed by atoms with E-state index in [-0.39, 0.29) is 0 Å². The van der Waals surface area contributed by atoms with Crippen LogP contribution in [0, 0.1) is 0 Å². The molecule has 12 heavy (non-hydrogen) atoms. The Morgan fingerprint density at radius 1 is 1.33 bits per heavy atom. The van der Waals surface area contributed by atoms with Crippen LogP contribution >= 0.6 is 0 Å². The van der Waals surface area contributed by atoms with Crippen molar-refractivity contribution < 1.29 is 26.2 Å². The number of hydrogen-bond acceptors (Lipinski definition) is 1. The Labute approximate surface area is 66.9 Å². The molecule has 0 amide bonds. The van der Waals surface area contributed by atoms with Gasteiger partial charge in [0, 0.05) is 0 Å². The second-order valence-corrected chi connectivity index (χ2v) is 1.85. The molecule has 0 bridgehead atoms. The third-order valence-corrected chi connectivity index (χ3v) is 0.892. The highest BCUT2D eigenvalue weighted by Crippen LogP contribution is 2.06. The Morgan fingerprint density at radius 3 is 2.00 bits per heavy atom. The number of halogens is 4. The van der Waals surface area contributed by atoms with Crippen molar-refractivity contribution in [1.82, 2.24) is 0 Å². The molecule has 0 fully saturated rings. The van der Waals surface area contributed by atoms with Crippen molar-refractivity contribution in [2.45, 2.75) is 13.5 Å². The van der Waals surface area contributed by atoms with Crippen LogP contribution in [0.4, 0.5) is 17.3 Å². The lowest BCUT2D eigenvalue weighted by Gasteiger charge is -1.94. The standard InChI is InChI=1S/C5H8NO.BF4/c1-2-6-3-4-7-5-6;2-1(3,4)5/h3-5H,2H2,1H3;/q+1;-1. The topological polar surface area (TPSA) is 17.0 Å². The predicted octanol–water partition coefficient (Wildman–Crippen LogP) is 1.89. The lowest BCUT2D eigenvalue weighted by atomic mass is 10.3. The fourth-order valence-electron chi connectivity index (χ4n) is 0.442. The zero-order chi connectivity index (χ0) is 9.61. The van der Waals surface area contributed by atoms with E-state index in [1.165, 1.54) is 0 Å². The van der Waals surface area contributed by atoms with Crippen molar-refractivity contribution in [2.24, 2.45) is 0 Å². The summed E-state index contributed by atoms with van der Waals surface area (Å²) in [5.41, 5.74) is 0. The number of hydrogen-bond donors (Lipinski definition) is 0. The van der Waals surface area contributed by atoms with Gasteiger partial charge in [0.25, 0.3) is 0 Å². The van der Waals surface area contributed by atoms with Crippen molar-refractivity contribution in [3.05, 3.63) is 18.9 Å². The molecule has 0 aromatic carbocycles. The Balaban J connectivity index is 0.000000217. The molecule has 1 rings (SSSR count). The van der Waals surface area contributed by atoms with Gasteiger partial charge in [0.05, 0.1) is 0 Å². The van der Waals surface area contributed by atoms with Gasteiger partial charge in [-0.05, 0) is 6.92 Å². The van der Waals surface area contributed by atoms with Gasteiger partial charge < -0.3 is 21.7 Å². The minimum atomic E-state index is -6.00. The largest absolute Gasteiger partial charge is 0.673 e. The van der Waals surface area contributed by atoms with Crippen LogP contribution in [-0.4, -0.2) is 7.25 Å². The van der Waals surface area contributed by atoms with Crippen LogP contribution in [0.25, 0.3) is 0 Å². The zero-order valence-corrected chi connectivity index (χ0v) is 6.38. The molecule has 70 valence electrons. The normalized spacial score (nSPS) is 10.4. The molecular formula is C5H8BF4NO. The molecule has 0 N–H and O–H groups in total. The van der Waals surface area contributed by atoms with E-state index < -0.39 is 7.25 Å². The van der Waals surface area contributed by atoms with Crippen molar-refractivity contribution in [2.75, 3.05) is 0 Å². The Morgan fingerprint density at radius 2 is 1.83 bits per heavy atom. The Kier molecular flexibility index (Phi) is 4.39. The lowest BCUT2D eigenvalue weighted by Crippen LogP contribution is -2.27. The molecule has 0 saturated heterocycles. The minimum Gasteiger partial charge on any atom is -0.418 e. The van der Waals surface area contributed by atoms with Crippen molar-refractivity contribution in [3.8, 4) is 0 Å². The predicted molar refractivity (Wildman–Crippen MR) is 34.8 cm³/mol. The molecule has 0 saturated carbocycles. The molecule has 0 aliphatic carbocycles. The van der Waals surface area contributed by atoms with Gasteiger partial charge in [-0.1, -0.05) is 0 Å².